The molecule has 0 aliphatic heterocycles. The number of nitrogens with one attached hydrogen (secondary N) is 1. The first-order chi connectivity index (χ1) is 7.25. The summed E-state index contributed by atoms with van der Waals surface area (Å²) in [5, 5.41) is 5.26. The largest absolute Gasteiger partial charge is 0.380 e. The van der Waals surface area contributed by atoms with Crippen molar-refractivity contribution in [1.82, 2.24) is 0 Å². The second-order valence-electron chi connectivity index (χ2n) is 3.05. The van der Waals surface area contributed by atoms with Gasteiger partial charge in [0.05, 0.1) is 6.54 Å². The Bertz CT molecular complexity index is 438. The normalized spacial score (nSPS) is 10.3. The third-order valence-electron chi connectivity index (χ3n) is 1.99. The Kier molecular flexibility index (Phi) is 3.38. The Morgan fingerprint density at radius 2 is 1.93 bits per heavy atom. The summed E-state index contributed by atoms with van der Waals surface area (Å²) in [6, 6.07) is 8.39. The monoisotopic (exact) mass is 285 g/mol. The first-order valence-corrected chi connectivity index (χ1v) is 6.14. The van der Waals surface area contributed by atoms with Gasteiger partial charge in [-0.2, -0.15) is 0 Å². The van der Waals surface area contributed by atoms with Crippen molar-refractivity contribution >= 4 is 33.0 Å². The second-order valence-corrected chi connectivity index (χ2v) is 4.91. The van der Waals surface area contributed by atoms with E-state index in [9.17, 15) is 4.39 Å². The molecule has 0 aliphatic rings. The highest BCUT2D eigenvalue weighted by atomic mass is 79.9. The Morgan fingerprint density at radius 1 is 1.20 bits per heavy atom. The molecule has 0 spiro atoms. The number of rotatable bonds is 3. The van der Waals surface area contributed by atoms with Gasteiger partial charge in [-0.15, -0.1) is 11.3 Å². The van der Waals surface area contributed by atoms with Gasteiger partial charge in [-0.1, -0.05) is 0 Å². The fourth-order valence-corrected chi connectivity index (χ4v) is 2.63. The van der Waals surface area contributed by atoms with Crippen LogP contribution in [0.2, 0.25) is 0 Å². The van der Waals surface area contributed by atoms with E-state index < -0.39 is 0 Å². The van der Waals surface area contributed by atoms with Gasteiger partial charge in [0.25, 0.3) is 0 Å². The van der Waals surface area contributed by atoms with Crippen LogP contribution in [0.4, 0.5) is 10.1 Å². The molecule has 0 saturated carbocycles. The molecule has 0 unspecified atom stereocenters. The van der Waals surface area contributed by atoms with Crippen molar-refractivity contribution in [1.29, 1.82) is 0 Å². The van der Waals surface area contributed by atoms with E-state index in [4.69, 9.17) is 0 Å². The van der Waals surface area contributed by atoms with Crippen LogP contribution in [0, 0.1) is 5.82 Å². The lowest BCUT2D eigenvalue weighted by atomic mass is 10.3. The number of halogens is 2. The number of anilines is 1. The molecule has 15 heavy (non-hydrogen) atoms. The number of hydrogen-bond donors (Lipinski definition) is 1. The summed E-state index contributed by atoms with van der Waals surface area (Å²) < 4.78 is 13.7. The number of benzene rings is 1. The van der Waals surface area contributed by atoms with Crippen LogP contribution >= 0.6 is 27.3 Å². The highest BCUT2D eigenvalue weighted by Gasteiger charge is 2.00. The SMILES string of the molecule is Fc1ccc(NCc2sccc2Br)cc1. The summed E-state index contributed by atoms with van der Waals surface area (Å²) in [7, 11) is 0. The Balaban J connectivity index is 1.99. The van der Waals surface area contributed by atoms with Gasteiger partial charge in [0.2, 0.25) is 0 Å². The molecule has 0 bridgehead atoms. The lowest BCUT2D eigenvalue weighted by molar-refractivity contribution is 0.628. The lowest BCUT2D eigenvalue weighted by Crippen LogP contribution is -1.97. The van der Waals surface area contributed by atoms with Crippen LogP contribution in [-0.2, 0) is 6.54 Å². The zero-order chi connectivity index (χ0) is 10.7. The summed E-state index contributed by atoms with van der Waals surface area (Å²) in [5.74, 6) is -0.210. The molecule has 1 N–H and O–H groups in total. The quantitative estimate of drug-likeness (QED) is 0.888. The van der Waals surface area contributed by atoms with E-state index >= 15 is 0 Å². The fraction of sp³-hybridized carbons (Fsp3) is 0.0909. The molecular formula is C11H9BrFNS. The van der Waals surface area contributed by atoms with Crippen molar-refractivity contribution in [2.45, 2.75) is 6.54 Å². The summed E-state index contributed by atoms with van der Waals surface area (Å²) in [5.41, 5.74) is 0.928. The van der Waals surface area contributed by atoms with E-state index in [0.29, 0.717) is 0 Å². The predicted molar refractivity (Wildman–Crippen MR) is 65.7 cm³/mol. The average molecular weight is 286 g/mol. The third kappa shape index (κ3) is 2.79. The molecule has 1 nitrogen and oxygen atoms in total. The molecule has 2 rings (SSSR count). The van der Waals surface area contributed by atoms with E-state index in [1.54, 1.807) is 23.5 Å². The van der Waals surface area contributed by atoms with E-state index in [1.807, 2.05) is 11.4 Å². The van der Waals surface area contributed by atoms with Crippen molar-refractivity contribution < 1.29 is 4.39 Å². The van der Waals surface area contributed by atoms with Crippen molar-refractivity contribution in [2.24, 2.45) is 0 Å². The Labute approximate surface area is 100 Å². The van der Waals surface area contributed by atoms with E-state index in [1.165, 1.54) is 17.0 Å². The van der Waals surface area contributed by atoms with Crippen molar-refractivity contribution in [3.63, 3.8) is 0 Å². The first-order valence-electron chi connectivity index (χ1n) is 4.47. The molecule has 0 saturated heterocycles. The molecule has 78 valence electrons. The minimum absolute atomic E-state index is 0.210. The second kappa shape index (κ2) is 4.77. The summed E-state index contributed by atoms with van der Waals surface area (Å²) in [6.07, 6.45) is 0. The molecule has 0 atom stereocenters. The van der Waals surface area contributed by atoms with Crippen LogP contribution in [0.3, 0.4) is 0 Å². The Morgan fingerprint density at radius 3 is 2.53 bits per heavy atom. The standard InChI is InChI=1S/C11H9BrFNS/c12-10-5-6-15-11(10)7-14-9-3-1-8(13)2-4-9/h1-6,14H,7H2. The summed E-state index contributed by atoms with van der Waals surface area (Å²) in [6.45, 7) is 0.754. The van der Waals surface area contributed by atoms with Crippen molar-refractivity contribution in [3.8, 4) is 0 Å². The van der Waals surface area contributed by atoms with Gasteiger partial charge in [0.1, 0.15) is 5.82 Å². The van der Waals surface area contributed by atoms with Crippen LogP contribution in [0.1, 0.15) is 4.88 Å². The minimum Gasteiger partial charge on any atom is -0.380 e. The fourth-order valence-electron chi connectivity index (χ4n) is 1.20. The van der Waals surface area contributed by atoms with Gasteiger partial charge in [0.15, 0.2) is 0 Å². The van der Waals surface area contributed by atoms with Gasteiger partial charge < -0.3 is 5.32 Å². The van der Waals surface area contributed by atoms with Crippen molar-refractivity contribution in [3.05, 3.63) is 50.9 Å². The molecular weight excluding hydrogens is 277 g/mol. The van der Waals surface area contributed by atoms with E-state index in [0.717, 1.165) is 16.7 Å². The van der Waals surface area contributed by atoms with Crippen molar-refractivity contribution in [2.75, 3.05) is 5.32 Å². The summed E-state index contributed by atoms with van der Waals surface area (Å²) >= 11 is 5.15. The van der Waals surface area contributed by atoms with Gasteiger partial charge in [-0.3, -0.25) is 0 Å². The molecule has 0 aliphatic carbocycles. The maximum absolute atomic E-state index is 12.6. The smallest absolute Gasteiger partial charge is 0.123 e. The first kappa shape index (κ1) is 10.6. The van der Waals surface area contributed by atoms with Crippen LogP contribution in [0.5, 0.6) is 0 Å². The lowest BCUT2D eigenvalue weighted by Gasteiger charge is -2.04. The molecule has 1 aromatic heterocycles. The van der Waals surface area contributed by atoms with Gasteiger partial charge in [0, 0.05) is 15.0 Å². The number of thiophene rings is 1. The maximum Gasteiger partial charge on any atom is 0.123 e. The molecule has 2 aromatic rings. The highest BCUT2D eigenvalue weighted by Crippen LogP contribution is 2.23. The molecule has 1 aromatic carbocycles. The highest BCUT2D eigenvalue weighted by molar-refractivity contribution is 9.10. The maximum atomic E-state index is 12.6. The van der Waals surface area contributed by atoms with E-state index in [2.05, 4.69) is 21.2 Å². The molecule has 0 radical (unpaired) electrons. The zero-order valence-corrected chi connectivity index (χ0v) is 10.2. The van der Waals surface area contributed by atoms with Crippen LogP contribution < -0.4 is 5.32 Å². The summed E-state index contributed by atoms with van der Waals surface area (Å²) in [4.78, 5) is 1.24. The zero-order valence-electron chi connectivity index (χ0n) is 7.84. The molecule has 4 heteroatoms. The average Bonchev–Trinajstić information content (AvgIpc) is 2.63. The Hall–Kier alpha value is -0.870. The molecule has 0 amide bonds. The van der Waals surface area contributed by atoms with Gasteiger partial charge >= 0.3 is 0 Å². The van der Waals surface area contributed by atoms with Crippen LogP contribution in [-0.4, -0.2) is 0 Å². The third-order valence-corrected chi connectivity index (χ3v) is 3.91. The van der Waals surface area contributed by atoms with Crippen LogP contribution in [0.25, 0.3) is 0 Å². The topological polar surface area (TPSA) is 12.0 Å². The van der Waals surface area contributed by atoms with Gasteiger partial charge in [-0.25, -0.2) is 4.39 Å². The molecule has 1 heterocycles. The van der Waals surface area contributed by atoms with Crippen LogP contribution in [0.15, 0.2) is 40.2 Å². The molecule has 0 fully saturated rings. The predicted octanol–water partition coefficient (Wildman–Crippen LogP) is 4.26. The van der Waals surface area contributed by atoms with E-state index in [-0.39, 0.29) is 5.82 Å². The number of hydrogen-bond acceptors (Lipinski definition) is 2. The minimum atomic E-state index is -0.210. The van der Waals surface area contributed by atoms with Gasteiger partial charge in [-0.05, 0) is 51.6 Å².